The third kappa shape index (κ3) is 6.30. The van der Waals surface area contributed by atoms with E-state index in [1.807, 2.05) is 0 Å². The zero-order valence-corrected chi connectivity index (χ0v) is 21.8. The Bertz CT molecular complexity index is 1570. The number of nitrogens with one attached hydrogen (secondary N) is 3. The average Bonchev–Trinajstić information content (AvgIpc) is 2.86. The first-order valence-corrected chi connectivity index (χ1v) is 14.3. The molecule has 184 valence electrons. The smallest absolute Gasteiger partial charge is 0.261 e. The molecule has 0 saturated heterocycles. The quantitative estimate of drug-likeness (QED) is 0.259. The Morgan fingerprint density at radius 2 is 1.00 bits per heavy atom. The van der Waals surface area contributed by atoms with Gasteiger partial charge in [0.05, 0.1) is 9.79 Å². The van der Waals surface area contributed by atoms with Gasteiger partial charge in [-0.25, -0.2) is 16.8 Å². The zero-order chi connectivity index (χ0) is 25.8. The topological polar surface area (TPSA) is 121 Å². The minimum Gasteiger partial charge on any atom is -0.322 e. The van der Waals surface area contributed by atoms with Gasteiger partial charge in [0, 0.05) is 27.1 Å². The van der Waals surface area contributed by atoms with Crippen LogP contribution in [0.25, 0.3) is 0 Å². The third-order valence-electron chi connectivity index (χ3n) is 4.97. The van der Waals surface area contributed by atoms with Crippen LogP contribution in [0.5, 0.6) is 0 Å². The number of sulfonamides is 2. The molecule has 0 aliphatic heterocycles. The Labute approximate surface area is 217 Å². The van der Waals surface area contributed by atoms with Gasteiger partial charge in [-0.1, -0.05) is 34.1 Å². The Morgan fingerprint density at radius 1 is 0.556 bits per heavy atom. The standard InChI is InChI=1S/C25H20BrN3O5S2/c26-19-8-12-22(13-9-19)29-36(33,34)24-16-14-20(15-17-24)27-25(30)18-6-10-21(11-7-18)28-35(31,32)23-4-2-1-3-5-23/h1-17,28-29H,(H,27,30). The highest BCUT2D eigenvalue weighted by molar-refractivity contribution is 9.10. The Hall–Kier alpha value is -3.67. The Balaban J connectivity index is 1.39. The van der Waals surface area contributed by atoms with Crippen LogP contribution in [0.15, 0.2) is 117 Å². The van der Waals surface area contributed by atoms with Gasteiger partial charge in [0.15, 0.2) is 0 Å². The molecule has 0 spiro atoms. The van der Waals surface area contributed by atoms with Gasteiger partial charge in [-0.05, 0) is 84.9 Å². The van der Waals surface area contributed by atoms with E-state index in [-0.39, 0.29) is 9.79 Å². The first-order valence-electron chi connectivity index (χ1n) is 10.5. The summed E-state index contributed by atoms with van der Waals surface area (Å²) in [6, 6.07) is 26.3. The maximum absolute atomic E-state index is 12.6. The predicted octanol–water partition coefficient (Wildman–Crippen LogP) is 5.30. The summed E-state index contributed by atoms with van der Waals surface area (Å²) in [5, 5.41) is 2.69. The van der Waals surface area contributed by atoms with Crippen LogP contribution in [0.1, 0.15) is 10.4 Å². The predicted molar refractivity (Wildman–Crippen MR) is 143 cm³/mol. The van der Waals surface area contributed by atoms with Crippen LogP contribution in [0.2, 0.25) is 0 Å². The number of hydrogen-bond acceptors (Lipinski definition) is 5. The SMILES string of the molecule is O=C(Nc1ccc(S(=O)(=O)Nc2ccc(Br)cc2)cc1)c1ccc(NS(=O)(=O)c2ccccc2)cc1. The second-order valence-electron chi connectivity index (χ2n) is 7.59. The largest absolute Gasteiger partial charge is 0.322 e. The molecule has 0 atom stereocenters. The van der Waals surface area contributed by atoms with E-state index in [4.69, 9.17) is 0 Å². The highest BCUT2D eigenvalue weighted by Crippen LogP contribution is 2.21. The molecule has 0 bridgehead atoms. The molecule has 3 N–H and O–H groups in total. The van der Waals surface area contributed by atoms with Gasteiger partial charge >= 0.3 is 0 Å². The van der Waals surface area contributed by atoms with Crippen LogP contribution >= 0.6 is 15.9 Å². The number of anilines is 3. The molecule has 0 saturated carbocycles. The van der Waals surface area contributed by atoms with E-state index >= 15 is 0 Å². The van der Waals surface area contributed by atoms with Gasteiger partial charge in [-0.15, -0.1) is 0 Å². The molecule has 0 aliphatic carbocycles. The Morgan fingerprint density at radius 3 is 1.53 bits per heavy atom. The van der Waals surface area contributed by atoms with Crippen molar-refractivity contribution in [3.05, 3.63) is 113 Å². The van der Waals surface area contributed by atoms with Gasteiger partial charge in [-0.2, -0.15) is 0 Å². The van der Waals surface area contributed by atoms with E-state index in [1.165, 1.54) is 60.7 Å². The van der Waals surface area contributed by atoms with Crippen LogP contribution in [0.4, 0.5) is 17.1 Å². The normalized spacial score (nSPS) is 11.5. The second-order valence-corrected chi connectivity index (χ2v) is 11.9. The van der Waals surface area contributed by atoms with Crippen molar-refractivity contribution >= 4 is 58.9 Å². The van der Waals surface area contributed by atoms with E-state index in [0.29, 0.717) is 22.6 Å². The van der Waals surface area contributed by atoms with Crippen molar-refractivity contribution in [1.29, 1.82) is 0 Å². The van der Waals surface area contributed by atoms with E-state index in [9.17, 15) is 21.6 Å². The third-order valence-corrected chi connectivity index (χ3v) is 8.29. The maximum Gasteiger partial charge on any atom is 0.261 e. The lowest BCUT2D eigenvalue weighted by atomic mass is 10.2. The van der Waals surface area contributed by atoms with Gasteiger partial charge in [0.2, 0.25) is 0 Å². The summed E-state index contributed by atoms with van der Waals surface area (Å²) in [5.74, 6) is -0.434. The van der Waals surface area contributed by atoms with Crippen LogP contribution < -0.4 is 14.8 Å². The molecule has 1 amide bonds. The van der Waals surface area contributed by atoms with Crippen molar-refractivity contribution < 1.29 is 21.6 Å². The fraction of sp³-hybridized carbons (Fsp3) is 0. The molecule has 4 aromatic rings. The van der Waals surface area contributed by atoms with Crippen molar-refractivity contribution in [2.45, 2.75) is 9.79 Å². The molecule has 36 heavy (non-hydrogen) atoms. The summed E-state index contributed by atoms with van der Waals surface area (Å²) in [5.41, 5.74) is 1.43. The number of carbonyl (C=O) groups is 1. The van der Waals surface area contributed by atoms with Crippen LogP contribution in [0, 0.1) is 0 Å². The number of rotatable bonds is 8. The monoisotopic (exact) mass is 585 g/mol. The van der Waals surface area contributed by atoms with Crippen molar-refractivity contribution in [1.82, 2.24) is 0 Å². The zero-order valence-electron chi connectivity index (χ0n) is 18.6. The van der Waals surface area contributed by atoms with Crippen molar-refractivity contribution in [2.75, 3.05) is 14.8 Å². The first-order chi connectivity index (χ1) is 17.1. The van der Waals surface area contributed by atoms with Crippen LogP contribution in [0.3, 0.4) is 0 Å². The van der Waals surface area contributed by atoms with E-state index in [1.54, 1.807) is 42.5 Å². The summed E-state index contributed by atoms with van der Waals surface area (Å²) in [6.07, 6.45) is 0. The molecule has 0 radical (unpaired) electrons. The molecule has 0 heterocycles. The highest BCUT2D eigenvalue weighted by atomic mass is 79.9. The average molecular weight is 586 g/mol. The van der Waals surface area contributed by atoms with Gasteiger partial charge < -0.3 is 5.32 Å². The summed E-state index contributed by atoms with van der Waals surface area (Å²) in [4.78, 5) is 12.8. The Kier molecular flexibility index (Phi) is 7.43. The van der Waals surface area contributed by atoms with Crippen molar-refractivity contribution in [3.63, 3.8) is 0 Å². The van der Waals surface area contributed by atoms with Crippen LogP contribution in [-0.2, 0) is 20.0 Å². The second kappa shape index (κ2) is 10.5. The summed E-state index contributed by atoms with van der Waals surface area (Å²) >= 11 is 3.30. The molecule has 0 aliphatic rings. The summed E-state index contributed by atoms with van der Waals surface area (Å²) in [6.45, 7) is 0. The lowest BCUT2D eigenvalue weighted by Gasteiger charge is -2.10. The van der Waals surface area contributed by atoms with E-state index in [0.717, 1.165) is 4.47 Å². The lowest BCUT2D eigenvalue weighted by molar-refractivity contribution is 0.102. The molecule has 8 nitrogen and oxygen atoms in total. The molecule has 4 aromatic carbocycles. The van der Waals surface area contributed by atoms with Gasteiger partial charge in [0.1, 0.15) is 0 Å². The van der Waals surface area contributed by atoms with E-state index < -0.39 is 26.0 Å². The molecule has 0 aromatic heterocycles. The molecule has 0 unspecified atom stereocenters. The number of halogens is 1. The fourth-order valence-electron chi connectivity index (χ4n) is 3.16. The summed E-state index contributed by atoms with van der Waals surface area (Å²) in [7, 11) is -7.54. The molecular formula is C25H20BrN3O5S2. The minimum atomic E-state index is -3.80. The van der Waals surface area contributed by atoms with Crippen molar-refractivity contribution in [3.8, 4) is 0 Å². The lowest BCUT2D eigenvalue weighted by Crippen LogP contribution is -2.15. The number of carbonyl (C=O) groups excluding carboxylic acids is 1. The first kappa shape index (κ1) is 25.4. The van der Waals surface area contributed by atoms with Gasteiger partial charge in [0.25, 0.3) is 26.0 Å². The molecule has 11 heteroatoms. The number of hydrogen-bond donors (Lipinski definition) is 3. The summed E-state index contributed by atoms with van der Waals surface area (Å²) < 4.78 is 55.9. The van der Waals surface area contributed by atoms with Gasteiger partial charge in [-0.3, -0.25) is 14.2 Å². The number of benzene rings is 4. The maximum atomic E-state index is 12.6. The van der Waals surface area contributed by atoms with E-state index in [2.05, 4.69) is 30.7 Å². The molecule has 0 fully saturated rings. The number of amides is 1. The molecular weight excluding hydrogens is 566 g/mol. The molecule has 4 rings (SSSR count). The minimum absolute atomic E-state index is 0.0403. The van der Waals surface area contributed by atoms with Crippen LogP contribution in [-0.4, -0.2) is 22.7 Å². The van der Waals surface area contributed by atoms with Crippen molar-refractivity contribution in [2.24, 2.45) is 0 Å². The highest BCUT2D eigenvalue weighted by Gasteiger charge is 2.16. The fourth-order valence-corrected chi connectivity index (χ4v) is 5.56.